The molecular formula is C13H28N2O2. The first kappa shape index (κ1) is 16.4. The number of carbonyl (C=O) groups is 1. The second kappa shape index (κ2) is 10.5. The van der Waals surface area contributed by atoms with Gasteiger partial charge in [-0.25, -0.2) is 0 Å². The van der Waals surface area contributed by atoms with Crippen molar-refractivity contribution in [1.29, 1.82) is 0 Å². The maximum absolute atomic E-state index is 11.3. The van der Waals surface area contributed by atoms with Crippen molar-refractivity contribution >= 4 is 5.91 Å². The van der Waals surface area contributed by atoms with Crippen LogP contribution < -0.4 is 10.6 Å². The highest BCUT2D eigenvalue weighted by Gasteiger charge is 2.01. The molecule has 17 heavy (non-hydrogen) atoms. The molecule has 0 unspecified atom stereocenters. The third-order valence-electron chi connectivity index (χ3n) is 2.09. The number of rotatable bonds is 10. The van der Waals surface area contributed by atoms with Crippen LogP contribution in [0.5, 0.6) is 0 Å². The van der Waals surface area contributed by atoms with Gasteiger partial charge in [0.1, 0.15) is 0 Å². The van der Waals surface area contributed by atoms with Crippen molar-refractivity contribution in [2.75, 3.05) is 32.8 Å². The lowest BCUT2D eigenvalue weighted by Gasteiger charge is -2.09. The summed E-state index contributed by atoms with van der Waals surface area (Å²) >= 11 is 0. The molecular weight excluding hydrogens is 216 g/mol. The Morgan fingerprint density at radius 1 is 1.18 bits per heavy atom. The molecule has 0 aromatic rings. The Morgan fingerprint density at radius 3 is 2.47 bits per heavy atom. The van der Waals surface area contributed by atoms with Gasteiger partial charge in [-0.15, -0.1) is 0 Å². The molecule has 4 heteroatoms. The summed E-state index contributed by atoms with van der Waals surface area (Å²) in [4.78, 5) is 11.3. The van der Waals surface area contributed by atoms with Crippen LogP contribution in [-0.4, -0.2) is 38.8 Å². The van der Waals surface area contributed by atoms with Gasteiger partial charge in [-0.1, -0.05) is 27.7 Å². The molecule has 1 amide bonds. The first-order chi connectivity index (χ1) is 8.02. The Morgan fingerprint density at radius 2 is 1.88 bits per heavy atom. The molecule has 4 nitrogen and oxygen atoms in total. The van der Waals surface area contributed by atoms with Crippen LogP contribution in [0.15, 0.2) is 0 Å². The van der Waals surface area contributed by atoms with Crippen molar-refractivity contribution in [3.8, 4) is 0 Å². The normalized spacial score (nSPS) is 11.2. The Balaban J connectivity index is 3.19. The first-order valence-corrected chi connectivity index (χ1v) is 6.57. The molecule has 0 radical (unpaired) electrons. The summed E-state index contributed by atoms with van der Waals surface area (Å²) in [5.41, 5.74) is 0. The number of amides is 1. The third kappa shape index (κ3) is 13.3. The second-order valence-electron chi connectivity index (χ2n) is 5.20. The van der Waals surface area contributed by atoms with Gasteiger partial charge >= 0.3 is 0 Å². The summed E-state index contributed by atoms with van der Waals surface area (Å²) < 4.78 is 5.44. The highest BCUT2D eigenvalue weighted by atomic mass is 16.5. The van der Waals surface area contributed by atoms with Crippen molar-refractivity contribution < 1.29 is 9.53 Å². The zero-order valence-electron chi connectivity index (χ0n) is 11.7. The Hall–Kier alpha value is -0.610. The fourth-order valence-electron chi connectivity index (χ4n) is 1.20. The monoisotopic (exact) mass is 244 g/mol. The topological polar surface area (TPSA) is 50.4 Å². The Kier molecular flexibility index (Phi) is 10.2. The zero-order valence-corrected chi connectivity index (χ0v) is 11.7. The Labute approximate surface area is 105 Å². The van der Waals surface area contributed by atoms with Gasteiger partial charge in [0.25, 0.3) is 0 Å². The SMILES string of the molecule is CC(C)CNC(=O)CNCCCOCC(C)C. The largest absolute Gasteiger partial charge is 0.381 e. The fourth-order valence-corrected chi connectivity index (χ4v) is 1.20. The summed E-state index contributed by atoms with van der Waals surface area (Å²) in [6.07, 6.45) is 0.949. The lowest BCUT2D eigenvalue weighted by atomic mass is 10.2. The van der Waals surface area contributed by atoms with E-state index in [0.29, 0.717) is 18.4 Å². The van der Waals surface area contributed by atoms with E-state index in [-0.39, 0.29) is 5.91 Å². The number of nitrogens with one attached hydrogen (secondary N) is 2. The van der Waals surface area contributed by atoms with Crippen molar-refractivity contribution in [2.45, 2.75) is 34.1 Å². The van der Waals surface area contributed by atoms with E-state index in [0.717, 1.165) is 32.7 Å². The van der Waals surface area contributed by atoms with E-state index in [1.807, 2.05) is 0 Å². The lowest BCUT2D eigenvalue weighted by Crippen LogP contribution is -2.36. The summed E-state index contributed by atoms with van der Waals surface area (Å²) in [5, 5.41) is 5.97. The van der Waals surface area contributed by atoms with Crippen LogP contribution in [-0.2, 0) is 9.53 Å². The summed E-state index contributed by atoms with van der Waals surface area (Å²) in [5.74, 6) is 1.16. The minimum Gasteiger partial charge on any atom is -0.381 e. The maximum Gasteiger partial charge on any atom is 0.233 e. The molecule has 0 aromatic heterocycles. The van der Waals surface area contributed by atoms with Gasteiger partial charge in [-0.3, -0.25) is 4.79 Å². The molecule has 0 rings (SSSR count). The minimum atomic E-state index is 0.0711. The molecule has 0 aliphatic heterocycles. The number of hydrogen-bond acceptors (Lipinski definition) is 3. The van der Waals surface area contributed by atoms with Crippen LogP contribution in [0.3, 0.4) is 0 Å². The van der Waals surface area contributed by atoms with Crippen molar-refractivity contribution in [3.63, 3.8) is 0 Å². The first-order valence-electron chi connectivity index (χ1n) is 6.57. The summed E-state index contributed by atoms with van der Waals surface area (Å²) in [6.45, 7) is 12.0. The van der Waals surface area contributed by atoms with E-state index in [2.05, 4.69) is 38.3 Å². The molecule has 0 spiro atoms. The third-order valence-corrected chi connectivity index (χ3v) is 2.09. The molecule has 0 aliphatic rings. The quantitative estimate of drug-likeness (QED) is 0.571. The average Bonchev–Trinajstić information content (AvgIpc) is 2.24. The number of carbonyl (C=O) groups excluding carboxylic acids is 1. The van der Waals surface area contributed by atoms with E-state index in [1.165, 1.54) is 0 Å². The predicted octanol–water partition coefficient (Wildman–Crippen LogP) is 1.41. The molecule has 102 valence electrons. The van der Waals surface area contributed by atoms with Crippen molar-refractivity contribution in [3.05, 3.63) is 0 Å². The molecule has 0 aromatic carbocycles. The lowest BCUT2D eigenvalue weighted by molar-refractivity contribution is -0.120. The van der Waals surface area contributed by atoms with E-state index >= 15 is 0 Å². The van der Waals surface area contributed by atoms with Gasteiger partial charge in [0, 0.05) is 19.8 Å². The van der Waals surface area contributed by atoms with Gasteiger partial charge < -0.3 is 15.4 Å². The molecule has 0 atom stereocenters. The summed E-state index contributed by atoms with van der Waals surface area (Å²) in [6, 6.07) is 0. The van der Waals surface area contributed by atoms with Crippen LogP contribution in [0.4, 0.5) is 0 Å². The number of hydrogen-bond donors (Lipinski definition) is 2. The minimum absolute atomic E-state index is 0.0711. The highest BCUT2D eigenvalue weighted by Crippen LogP contribution is 1.92. The van der Waals surface area contributed by atoms with E-state index in [9.17, 15) is 4.79 Å². The van der Waals surface area contributed by atoms with Gasteiger partial charge in [0.05, 0.1) is 6.54 Å². The molecule has 0 bridgehead atoms. The van der Waals surface area contributed by atoms with Gasteiger partial charge in [0.2, 0.25) is 5.91 Å². The average molecular weight is 244 g/mol. The van der Waals surface area contributed by atoms with Crippen LogP contribution in [0, 0.1) is 11.8 Å². The smallest absolute Gasteiger partial charge is 0.233 e. The molecule has 0 heterocycles. The van der Waals surface area contributed by atoms with Gasteiger partial charge in [0.15, 0.2) is 0 Å². The predicted molar refractivity (Wildman–Crippen MR) is 71.0 cm³/mol. The molecule has 0 aliphatic carbocycles. The van der Waals surface area contributed by atoms with Crippen LogP contribution in [0.25, 0.3) is 0 Å². The second-order valence-corrected chi connectivity index (χ2v) is 5.20. The van der Waals surface area contributed by atoms with Gasteiger partial charge in [-0.2, -0.15) is 0 Å². The van der Waals surface area contributed by atoms with Gasteiger partial charge in [-0.05, 0) is 24.8 Å². The van der Waals surface area contributed by atoms with Crippen molar-refractivity contribution in [1.82, 2.24) is 10.6 Å². The molecule has 0 saturated heterocycles. The molecule has 0 saturated carbocycles. The van der Waals surface area contributed by atoms with Crippen LogP contribution in [0.1, 0.15) is 34.1 Å². The Bertz CT molecular complexity index is 194. The highest BCUT2D eigenvalue weighted by molar-refractivity contribution is 5.77. The van der Waals surface area contributed by atoms with Crippen LogP contribution >= 0.6 is 0 Å². The van der Waals surface area contributed by atoms with E-state index in [4.69, 9.17) is 4.74 Å². The molecule has 2 N–H and O–H groups in total. The maximum atomic E-state index is 11.3. The van der Waals surface area contributed by atoms with E-state index < -0.39 is 0 Å². The standard InChI is InChI=1S/C13H28N2O2/c1-11(2)8-15-13(16)9-14-6-5-7-17-10-12(3)4/h11-12,14H,5-10H2,1-4H3,(H,15,16). The van der Waals surface area contributed by atoms with E-state index in [1.54, 1.807) is 0 Å². The fraction of sp³-hybridized carbons (Fsp3) is 0.923. The zero-order chi connectivity index (χ0) is 13.1. The summed E-state index contributed by atoms with van der Waals surface area (Å²) in [7, 11) is 0. The molecule has 0 fully saturated rings. The van der Waals surface area contributed by atoms with Crippen molar-refractivity contribution in [2.24, 2.45) is 11.8 Å². The number of ether oxygens (including phenoxy) is 1. The van der Waals surface area contributed by atoms with Crippen LogP contribution in [0.2, 0.25) is 0 Å².